The molecule has 0 radical (unpaired) electrons. The highest BCUT2D eigenvalue weighted by Crippen LogP contribution is 2.29. The van der Waals surface area contributed by atoms with Gasteiger partial charge in [0.25, 0.3) is 10.0 Å². The molecule has 0 aromatic heterocycles. The van der Waals surface area contributed by atoms with Gasteiger partial charge in [-0.15, -0.1) is 6.58 Å². The third-order valence-corrected chi connectivity index (χ3v) is 6.78. The normalized spacial score (nSPS) is 10.9. The Morgan fingerprint density at radius 3 is 2.19 bits per heavy atom. The van der Waals surface area contributed by atoms with Gasteiger partial charge in [-0.25, -0.2) is 13.2 Å². The molecule has 3 aromatic carbocycles. The zero-order chi connectivity index (χ0) is 23.1. The maximum atomic E-state index is 13.4. The summed E-state index contributed by atoms with van der Waals surface area (Å²) in [6.07, 6.45) is 1.45. The van der Waals surface area contributed by atoms with Crippen LogP contribution in [0.25, 0.3) is 0 Å². The lowest BCUT2D eigenvalue weighted by Gasteiger charge is -2.23. The number of benzene rings is 3. The summed E-state index contributed by atoms with van der Waals surface area (Å²) in [5, 5.41) is -0.0492. The van der Waals surface area contributed by atoms with Gasteiger partial charge in [0.05, 0.1) is 22.8 Å². The number of carbonyl (C=O) groups excluding carboxylic acids is 2. The van der Waals surface area contributed by atoms with E-state index in [2.05, 4.69) is 6.58 Å². The van der Waals surface area contributed by atoms with Gasteiger partial charge >= 0.3 is 5.97 Å². The van der Waals surface area contributed by atoms with E-state index in [9.17, 15) is 18.0 Å². The number of ketones is 1. The first-order valence-electron chi connectivity index (χ1n) is 9.58. The van der Waals surface area contributed by atoms with Crippen LogP contribution in [0.2, 0.25) is 5.02 Å². The van der Waals surface area contributed by atoms with Crippen molar-refractivity contribution in [3.05, 3.63) is 108 Å². The molecule has 0 bridgehead atoms. The Balaban J connectivity index is 1.86. The first-order chi connectivity index (χ1) is 15.3. The quantitative estimate of drug-likeness (QED) is 0.256. The lowest BCUT2D eigenvalue weighted by molar-refractivity contribution is 0.0474. The van der Waals surface area contributed by atoms with E-state index in [1.807, 2.05) is 0 Å². The van der Waals surface area contributed by atoms with Crippen molar-refractivity contribution in [2.75, 3.05) is 17.5 Å². The van der Waals surface area contributed by atoms with Gasteiger partial charge in [0.2, 0.25) is 0 Å². The highest BCUT2D eigenvalue weighted by molar-refractivity contribution is 7.93. The van der Waals surface area contributed by atoms with Crippen LogP contribution in [0.4, 0.5) is 5.69 Å². The fourth-order valence-corrected chi connectivity index (χ4v) is 4.86. The number of esters is 1. The summed E-state index contributed by atoms with van der Waals surface area (Å²) in [5.41, 5.74) is 0.785. The Bertz CT molecular complexity index is 1230. The molecule has 0 saturated carbocycles. The fraction of sp³-hybridized carbons (Fsp3) is 0.0833. The average Bonchev–Trinajstić information content (AvgIpc) is 2.82. The summed E-state index contributed by atoms with van der Waals surface area (Å²) in [6.45, 7) is 3.15. The number of nitrogens with zero attached hydrogens (tertiary/aromatic N) is 1. The maximum Gasteiger partial charge on any atom is 0.338 e. The van der Waals surface area contributed by atoms with E-state index in [-0.39, 0.29) is 27.8 Å². The van der Waals surface area contributed by atoms with Crippen molar-refractivity contribution in [2.45, 2.75) is 4.90 Å². The number of halogens is 1. The highest BCUT2D eigenvalue weighted by atomic mass is 35.5. The Labute approximate surface area is 191 Å². The van der Waals surface area contributed by atoms with E-state index in [0.29, 0.717) is 11.3 Å². The number of ether oxygens (including phenoxy) is 1. The summed E-state index contributed by atoms with van der Waals surface area (Å²) in [4.78, 5) is 24.4. The Morgan fingerprint density at radius 2 is 1.56 bits per heavy atom. The number of hydrogen-bond donors (Lipinski definition) is 0. The highest BCUT2D eigenvalue weighted by Gasteiger charge is 2.28. The summed E-state index contributed by atoms with van der Waals surface area (Å²) >= 11 is 6.19. The summed E-state index contributed by atoms with van der Waals surface area (Å²) in [7, 11) is -4.12. The van der Waals surface area contributed by atoms with E-state index in [0.717, 1.165) is 10.4 Å². The van der Waals surface area contributed by atoms with Crippen LogP contribution in [0, 0.1) is 0 Å². The predicted octanol–water partition coefficient (Wildman–Crippen LogP) is 4.76. The van der Waals surface area contributed by atoms with Crippen molar-refractivity contribution < 1.29 is 22.7 Å². The van der Waals surface area contributed by atoms with E-state index >= 15 is 0 Å². The van der Waals surface area contributed by atoms with Crippen molar-refractivity contribution in [1.82, 2.24) is 0 Å². The SMILES string of the molecule is C=CCN(c1ccccc1)S(=O)(=O)c1cc(C(=O)OCC(=O)c2ccccc2)ccc1Cl. The number of Topliss-reactive ketones (excluding diaryl/α,β-unsaturated/α-hetero) is 1. The molecular formula is C24H20ClNO5S. The van der Waals surface area contributed by atoms with Gasteiger partial charge in [-0.3, -0.25) is 9.10 Å². The van der Waals surface area contributed by atoms with Crippen LogP contribution in [0.1, 0.15) is 20.7 Å². The second-order valence-corrected chi connectivity index (χ2v) is 8.91. The zero-order valence-corrected chi connectivity index (χ0v) is 18.6. The minimum atomic E-state index is -4.12. The van der Waals surface area contributed by atoms with Gasteiger partial charge < -0.3 is 4.74 Å². The minimum Gasteiger partial charge on any atom is -0.454 e. The van der Waals surface area contributed by atoms with Crippen LogP contribution in [0.15, 0.2) is 96.4 Å². The van der Waals surface area contributed by atoms with Gasteiger partial charge in [-0.2, -0.15) is 0 Å². The molecule has 6 nitrogen and oxygen atoms in total. The summed E-state index contributed by atoms with van der Waals surface area (Å²) in [6, 6.07) is 20.7. The molecule has 0 amide bonds. The van der Waals surface area contributed by atoms with E-state index in [1.165, 1.54) is 18.2 Å². The number of rotatable bonds is 9. The van der Waals surface area contributed by atoms with Gasteiger partial charge in [0, 0.05) is 5.56 Å². The molecule has 0 atom stereocenters. The molecule has 0 saturated heterocycles. The molecule has 0 aliphatic rings. The van der Waals surface area contributed by atoms with Crippen LogP contribution in [-0.4, -0.2) is 33.3 Å². The van der Waals surface area contributed by atoms with Crippen LogP contribution in [0.5, 0.6) is 0 Å². The Morgan fingerprint density at radius 1 is 0.938 bits per heavy atom. The number of sulfonamides is 1. The smallest absolute Gasteiger partial charge is 0.338 e. The van der Waals surface area contributed by atoms with Gasteiger partial charge in [-0.1, -0.05) is 66.2 Å². The predicted molar refractivity (Wildman–Crippen MR) is 124 cm³/mol. The van der Waals surface area contributed by atoms with Crippen LogP contribution in [0.3, 0.4) is 0 Å². The van der Waals surface area contributed by atoms with E-state index in [1.54, 1.807) is 60.7 Å². The molecule has 0 heterocycles. The van der Waals surface area contributed by atoms with Gasteiger partial charge in [-0.05, 0) is 30.3 Å². The second-order valence-electron chi connectivity index (χ2n) is 6.67. The molecule has 3 rings (SSSR count). The molecule has 0 aliphatic heterocycles. The Hall–Kier alpha value is -3.42. The molecule has 32 heavy (non-hydrogen) atoms. The molecule has 0 N–H and O–H groups in total. The first-order valence-corrected chi connectivity index (χ1v) is 11.4. The molecule has 0 spiro atoms. The molecule has 0 aliphatic carbocycles. The lowest BCUT2D eigenvalue weighted by Crippen LogP contribution is -2.31. The second kappa shape index (κ2) is 10.3. The maximum absolute atomic E-state index is 13.4. The Kier molecular flexibility index (Phi) is 7.45. The third kappa shape index (κ3) is 5.25. The van der Waals surface area contributed by atoms with E-state index in [4.69, 9.17) is 16.3 Å². The number of para-hydroxylation sites is 1. The van der Waals surface area contributed by atoms with Crippen LogP contribution < -0.4 is 4.31 Å². The van der Waals surface area contributed by atoms with Crippen molar-refractivity contribution >= 4 is 39.1 Å². The fourth-order valence-electron chi connectivity index (χ4n) is 2.92. The average molecular weight is 470 g/mol. The van der Waals surface area contributed by atoms with Crippen molar-refractivity contribution in [3.63, 3.8) is 0 Å². The number of carbonyl (C=O) groups is 2. The topological polar surface area (TPSA) is 80.8 Å². The van der Waals surface area contributed by atoms with Crippen molar-refractivity contribution in [2.24, 2.45) is 0 Å². The molecule has 3 aromatic rings. The van der Waals surface area contributed by atoms with Crippen LogP contribution in [-0.2, 0) is 14.8 Å². The largest absolute Gasteiger partial charge is 0.454 e. The molecule has 0 fully saturated rings. The first kappa shape index (κ1) is 23.2. The minimum absolute atomic E-state index is 0.00290. The summed E-state index contributed by atoms with van der Waals surface area (Å²) in [5.74, 6) is -1.21. The van der Waals surface area contributed by atoms with Crippen molar-refractivity contribution in [3.8, 4) is 0 Å². The molecule has 8 heteroatoms. The monoisotopic (exact) mass is 469 g/mol. The molecule has 0 unspecified atom stereocenters. The molecule has 164 valence electrons. The lowest BCUT2D eigenvalue weighted by atomic mass is 10.1. The zero-order valence-electron chi connectivity index (χ0n) is 17.0. The van der Waals surface area contributed by atoms with Gasteiger partial charge in [0.1, 0.15) is 4.90 Å². The van der Waals surface area contributed by atoms with Crippen molar-refractivity contribution in [1.29, 1.82) is 0 Å². The van der Waals surface area contributed by atoms with Gasteiger partial charge in [0.15, 0.2) is 12.4 Å². The van der Waals surface area contributed by atoms with E-state index < -0.39 is 22.6 Å². The summed E-state index contributed by atoms with van der Waals surface area (Å²) < 4.78 is 32.9. The van der Waals surface area contributed by atoms with Crippen LogP contribution >= 0.6 is 11.6 Å². The number of anilines is 1. The standard InChI is InChI=1S/C24H20ClNO5S/c1-2-15-26(20-11-7-4-8-12-20)32(29,30)23-16-19(13-14-21(23)25)24(28)31-17-22(27)18-9-5-3-6-10-18/h2-14,16H,1,15,17H2. The molecular weight excluding hydrogens is 450 g/mol. The third-order valence-electron chi connectivity index (χ3n) is 4.50. The number of hydrogen-bond acceptors (Lipinski definition) is 5.